The van der Waals surface area contributed by atoms with Crippen LogP contribution in [0.3, 0.4) is 0 Å². The Kier molecular flexibility index (Phi) is 4.06. The summed E-state index contributed by atoms with van der Waals surface area (Å²) in [5, 5.41) is 0. The van der Waals surface area contributed by atoms with Crippen molar-refractivity contribution in [2.24, 2.45) is 0 Å². The van der Waals surface area contributed by atoms with Crippen LogP contribution >= 0.6 is 0 Å². The van der Waals surface area contributed by atoms with E-state index >= 15 is 0 Å². The van der Waals surface area contributed by atoms with Crippen LogP contribution in [0, 0.1) is 6.92 Å². The first kappa shape index (κ1) is 13.9. The van der Waals surface area contributed by atoms with E-state index in [1.54, 1.807) is 6.20 Å². The first-order valence-electron chi connectivity index (χ1n) is 7.43. The predicted octanol–water partition coefficient (Wildman–Crippen LogP) is 2.28. The average molecular weight is 283 g/mol. The summed E-state index contributed by atoms with van der Waals surface area (Å²) in [6, 6.07) is 12.3. The molecule has 0 bridgehead atoms. The summed E-state index contributed by atoms with van der Waals surface area (Å²) in [4.78, 5) is 19.6. The number of aromatic amines is 1. The van der Waals surface area contributed by atoms with Gasteiger partial charge in [0, 0.05) is 38.9 Å². The fraction of sp³-hybridized carbons (Fsp3) is 0.353. The summed E-state index contributed by atoms with van der Waals surface area (Å²) in [6.07, 6.45) is 1.79. The Morgan fingerprint density at radius 1 is 1.14 bits per heavy atom. The zero-order chi connectivity index (χ0) is 14.7. The van der Waals surface area contributed by atoms with Crippen molar-refractivity contribution < 1.29 is 4.79 Å². The van der Waals surface area contributed by atoms with Gasteiger partial charge in [-0.3, -0.25) is 9.69 Å². The second-order valence-corrected chi connectivity index (χ2v) is 5.64. The van der Waals surface area contributed by atoms with E-state index in [9.17, 15) is 4.79 Å². The molecule has 1 aliphatic heterocycles. The molecule has 1 aromatic heterocycles. The number of piperazine rings is 1. The second kappa shape index (κ2) is 6.14. The molecule has 110 valence electrons. The number of amides is 1. The normalized spacial score (nSPS) is 16.1. The Balaban J connectivity index is 1.54. The smallest absolute Gasteiger partial charge is 0.270 e. The van der Waals surface area contributed by atoms with Crippen LogP contribution in [0.4, 0.5) is 0 Å². The number of carbonyl (C=O) groups excluding carboxylic acids is 1. The summed E-state index contributed by atoms with van der Waals surface area (Å²) >= 11 is 0. The molecule has 1 aliphatic rings. The van der Waals surface area contributed by atoms with Crippen molar-refractivity contribution in [3.63, 3.8) is 0 Å². The lowest BCUT2D eigenvalue weighted by atomic mass is 10.1. The first-order chi connectivity index (χ1) is 10.2. The molecule has 0 unspecified atom stereocenters. The van der Waals surface area contributed by atoms with E-state index in [2.05, 4.69) is 41.1 Å². The van der Waals surface area contributed by atoms with Crippen molar-refractivity contribution in [1.82, 2.24) is 14.8 Å². The summed E-state index contributed by atoms with van der Waals surface area (Å²) in [5.74, 6) is 0.107. The number of hydrogen-bond acceptors (Lipinski definition) is 2. The standard InChI is InChI=1S/C17H21N3O/c1-14-4-2-5-15(12-14)13-19-8-10-20(11-9-19)17(21)16-6-3-7-18-16/h2-7,12,18H,8-11,13H2,1H3. The van der Waals surface area contributed by atoms with E-state index in [4.69, 9.17) is 0 Å². The molecule has 1 saturated heterocycles. The van der Waals surface area contributed by atoms with Gasteiger partial charge >= 0.3 is 0 Å². The maximum atomic E-state index is 12.2. The second-order valence-electron chi connectivity index (χ2n) is 5.64. The zero-order valence-electron chi connectivity index (χ0n) is 12.4. The van der Waals surface area contributed by atoms with Gasteiger partial charge in [-0.1, -0.05) is 29.8 Å². The van der Waals surface area contributed by atoms with E-state index in [0.29, 0.717) is 5.69 Å². The molecule has 21 heavy (non-hydrogen) atoms. The summed E-state index contributed by atoms with van der Waals surface area (Å²) < 4.78 is 0. The molecule has 2 aromatic rings. The van der Waals surface area contributed by atoms with Gasteiger partial charge < -0.3 is 9.88 Å². The van der Waals surface area contributed by atoms with Crippen molar-refractivity contribution in [2.45, 2.75) is 13.5 Å². The number of benzene rings is 1. The van der Waals surface area contributed by atoms with Crippen LogP contribution in [0.25, 0.3) is 0 Å². The molecule has 4 nitrogen and oxygen atoms in total. The van der Waals surface area contributed by atoms with Crippen molar-refractivity contribution >= 4 is 5.91 Å². The molecule has 1 aromatic carbocycles. The number of nitrogens with zero attached hydrogens (tertiary/aromatic N) is 2. The van der Waals surface area contributed by atoms with Crippen molar-refractivity contribution in [2.75, 3.05) is 26.2 Å². The minimum atomic E-state index is 0.107. The SMILES string of the molecule is Cc1cccc(CN2CCN(C(=O)c3ccc[nH]3)CC2)c1. The van der Waals surface area contributed by atoms with Gasteiger partial charge in [-0.25, -0.2) is 0 Å². The number of carbonyl (C=O) groups is 1. The molecular weight excluding hydrogens is 262 g/mol. The summed E-state index contributed by atoms with van der Waals surface area (Å²) in [6.45, 7) is 6.54. The average Bonchev–Trinajstić information content (AvgIpc) is 3.01. The van der Waals surface area contributed by atoms with Gasteiger partial charge in [0.2, 0.25) is 0 Å². The molecular formula is C17H21N3O. The van der Waals surface area contributed by atoms with Gasteiger partial charge in [0.25, 0.3) is 5.91 Å². The van der Waals surface area contributed by atoms with Gasteiger partial charge in [0.05, 0.1) is 0 Å². The van der Waals surface area contributed by atoms with Crippen molar-refractivity contribution in [1.29, 1.82) is 0 Å². The van der Waals surface area contributed by atoms with Gasteiger partial charge in [0.15, 0.2) is 0 Å². The van der Waals surface area contributed by atoms with Gasteiger partial charge in [-0.05, 0) is 24.6 Å². The van der Waals surface area contributed by atoms with Crippen molar-refractivity contribution in [3.05, 3.63) is 59.4 Å². The molecule has 1 amide bonds. The largest absolute Gasteiger partial charge is 0.357 e. The van der Waals surface area contributed by atoms with E-state index in [-0.39, 0.29) is 5.91 Å². The lowest BCUT2D eigenvalue weighted by Gasteiger charge is -2.34. The van der Waals surface area contributed by atoms with Crippen LogP contribution in [0.1, 0.15) is 21.6 Å². The third kappa shape index (κ3) is 3.34. The first-order valence-corrected chi connectivity index (χ1v) is 7.43. The highest BCUT2D eigenvalue weighted by atomic mass is 16.2. The maximum absolute atomic E-state index is 12.2. The Morgan fingerprint density at radius 3 is 2.62 bits per heavy atom. The fourth-order valence-corrected chi connectivity index (χ4v) is 2.81. The van der Waals surface area contributed by atoms with Crippen LogP contribution in [-0.2, 0) is 6.54 Å². The third-order valence-electron chi connectivity index (χ3n) is 3.98. The van der Waals surface area contributed by atoms with Crippen molar-refractivity contribution in [3.8, 4) is 0 Å². The predicted molar refractivity (Wildman–Crippen MR) is 83.2 cm³/mol. The molecule has 0 aliphatic carbocycles. The maximum Gasteiger partial charge on any atom is 0.270 e. The Labute approximate surface area is 125 Å². The number of aromatic nitrogens is 1. The van der Waals surface area contributed by atoms with Gasteiger partial charge in [-0.2, -0.15) is 0 Å². The molecule has 4 heteroatoms. The van der Waals surface area contributed by atoms with E-state index in [1.165, 1.54) is 11.1 Å². The summed E-state index contributed by atoms with van der Waals surface area (Å²) in [7, 11) is 0. The number of aryl methyl sites for hydroxylation is 1. The third-order valence-corrected chi connectivity index (χ3v) is 3.98. The lowest BCUT2D eigenvalue weighted by Crippen LogP contribution is -2.48. The van der Waals surface area contributed by atoms with Gasteiger partial charge in [0.1, 0.15) is 5.69 Å². The lowest BCUT2D eigenvalue weighted by molar-refractivity contribution is 0.0623. The fourth-order valence-electron chi connectivity index (χ4n) is 2.81. The highest BCUT2D eigenvalue weighted by Gasteiger charge is 2.22. The highest BCUT2D eigenvalue weighted by Crippen LogP contribution is 2.12. The van der Waals surface area contributed by atoms with Crippen LogP contribution < -0.4 is 0 Å². The van der Waals surface area contributed by atoms with E-state index in [0.717, 1.165) is 32.7 Å². The molecule has 0 spiro atoms. The highest BCUT2D eigenvalue weighted by molar-refractivity contribution is 5.92. The summed E-state index contributed by atoms with van der Waals surface area (Å²) in [5.41, 5.74) is 3.33. The molecule has 0 saturated carbocycles. The molecule has 2 heterocycles. The number of rotatable bonds is 3. The zero-order valence-corrected chi connectivity index (χ0v) is 12.4. The van der Waals surface area contributed by atoms with E-state index in [1.807, 2.05) is 17.0 Å². The van der Waals surface area contributed by atoms with Crippen LogP contribution in [0.2, 0.25) is 0 Å². The minimum absolute atomic E-state index is 0.107. The Bertz CT molecular complexity index is 598. The van der Waals surface area contributed by atoms with Crippen LogP contribution in [0.15, 0.2) is 42.6 Å². The number of nitrogens with one attached hydrogen (secondary N) is 1. The molecule has 3 rings (SSSR count). The van der Waals surface area contributed by atoms with Crippen LogP contribution in [0.5, 0.6) is 0 Å². The molecule has 1 N–H and O–H groups in total. The Morgan fingerprint density at radius 2 is 1.95 bits per heavy atom. The topological polar surface area (TPSA) is 39.3 Å². The Hall–Kier alpha value is -2.07. The molecule has 0 atom stereocenters. The minimum Gasteiger partial charge on any atom is -0.357 e. The van der Waals surface area contributed by atoms with E-state index < -0.39 is 0 Å². The number of H-pyrrole nitrogens is 1. The molecule has 1 fully saturated rings. The molecule has 0 radical (unpaired) electrons. The number of hydrogen-bond donors (Lipinski definition) is 1. The monoisotopic (exact) mass is 283 g/mol. The van der Waals surface area contributed by atoms with Crippen LogP contribution in [-0.4, -0.2) is 46.9 Å². The quantitative estimate of drug-likeness (QED) is 0.938. The van der Waals surface area contributed by atoms with Gasteiger partial charge in [-0.15, -0.1) is 0 Å².